The molecule has 11 aromatic rings. The van der Waals surface area contributed by atoms with Crippen LogP contribution in [0.2, 0.25) is 0 Å². The Labute approximate surface area is 288 Å². The molecular weight excluding hydrogens is 607 g/mol. The maximum atomic E-state index is 6.42. The number of hydrogen-bond acceptors (Lipinski definition) is 1. The number of benzene rings is 9. The highest BCUT2D eigenvalue weighted by Gasteiger charge is 2.21. The van der Waals surface area contributed by atoms with Gasteiger partial charge in [-0.2, -0.15) is 0 Å². The molecule has 0 aliphatic heterocycles. The minimum Gasteiger partial charge on any atom is -0.456 e. The SMILES string of the molecule is c1ccc(-c2cccc(-c3ccc4c(c3)c3ccccc3n4-c3cc(-c4ccccc4)c4c(c3)c3cccc5oc6cccc4c6c53)c2)cc1. The molecule has 2 heterocycles. The Bertz CT molecular complexity index is 3070. The van der Waals surface area contributed by atoms with E-state index in [0.717, 1.165) is 16.9 Å². The molecule has 0 bridgehead atoms. The molecule has 0 unspecified atom stereocenters. The largest absolute Gasteiger partial charge is 0.456 e. The van der Waals surface area contributed by atoms with E-state index in [9.17, 15) is 0 Å². The number of furan rings is 1. The van der Waals surface area contributed by atoms with Crippen LogP contribution in [0.15, 0.2) is 180 Å². The number of fused-ring (bicyclic) bond motifs is 6. The zero-order valence-electron chi connectivity index (χ0n) is 27.1. The summed E-state index contributed by atoms with van der Waals surface area (Å²) in [5, 5.41) is 9.82. The van der Waals surface area contributed by atoms with Gasteiger partial charge >= 0.3 is 0 Å². The summed E-state index contributed by atoms with van der Waals surface area (Å²) < 4.78 is 8.88. The number of aromatic nitrogens is 1. The van der Waals surface area contributed by atoms with E-state index in [1.54, 1.807) is 0 Å². The van der Waals surface area contributed by atoms with Gasteiger partial charge in [-0.05, 0) is 103 Å². The second kappa shape index (κ2) is 10.4. The zero-order valence-corrected chi connectivity index (χ0v) is 27.1. The maximum Gasteiger partial charge on any atom is 0.136 e. The summed E-state index contributed by atoms with van der Waals surface area (Å²) in [6, 6.07) is 63.8. The van der Waals surface area contributed by atoms with Crippen LogP contribution in [-0.4, -0.2) is 4.57 Å². The number of nitrogens with zero attached hydrogens (tertiary/aromatic N) is 1. The molecule has 2 nitrogen and oxygen atoms in total. The Morgan fingerprint density at radius 1 is 0.320 bits per heavy atom. The lowest BCUT2D eigenvalue weighted by Gasteiger charge is -2.17. The van der Waals surface area contributed by atoms with Gasteiger partial charge in [0, 0.05) is 27.2 Å². The van der Waals surface area contributed by atoms with Gasteiger partial charge in [-0.1, -0.05) is 127 Å². The van der Waals surface area contributed by atoms with Gasteiger partial charge < -0.3 is 8.98 Å². The van der Waals surface area contributed by atoms with Crippen LogP contribution in [0.4, 0.5) is 0 Å². The third-order valence-electron chi connectivity index (χ3n) is 10.5. The molecular formula is C48H29NO. The van der Waals surface area contributed by atoms with Crippen molar-refractivity contribution in [1.29, 1.82) is 0 Å². The van der Waals surface area contributed by atoms with E-state index in [2.05, 4.69) is 180 Å². The van der Waals surface area contributed by atoms with Gasteiger partial charge in [0.25, 0.3) is 0 Å². The average molecular weight is 636 g/mol. The lowest BCUT2D eigenvalue weighted by Crippen LogP contribution is -1.96. The van der Waals surface area contributed by atoms with Crippen molar-refractivity contribution in [2.24, 2.45) is 0 Å². The molecule has 0 radical (unpaired) electrons. The van der Waals surface area contributed by atoms with E-state index in [-0.39, 0.29) is 0 Å². The van der Waals surface area contributed by atoms with Gasteiger partial charge in [0.1, 0.15) is 11.2 Å². The predicted octanol–water partition coefficient (Wildman–Crippen LogP) is 13.4. The maximum absolute atomic E-state index is 6.42. The molecule has 2 heteroatoms. The molecule has 0 saturated carbocycles. The second-order valence-electron chi connectivity index (χ2n) is 13.3. The fraction of sp³-hybridized carbons (Fsp3) is 0. The fourth-order valence-electron chi connectivity index (χ4n) is 8.34. The molecule has 0 atom stereocenters. The highest BCUT2D eigenvalue weighted by molar-refractivity contribution is 6.35. The average Bonchev–Trinajstić information content (AvgIpc) is 3.74. The number of hydrogen-bond donors (Lipinski definition) is 0. The van der Waals surface area contributed by atoms with Crippen LogP contribution in [-0.2, 0) is 0 Å². The van der Waals surface area contributed by atoms with E-state index in [4.69, 9.17) is 4.42 Å². The molecule has 0 aliphatic rings. The number of para-hydroxylation sites is 1. The van der Waals surface area contributed by atoms with Crippen LogP contribution in [0.25, 0.3) is 104 Å². The van der Waals surface area contributed by atoms with Crippen LogP contribution in [0.3, 0.4) is 0 Å². The van der Waals surface area contributed by atoms with Crippen LogP contribution in [0, 0.1) is 0 Å². The van der Waals surface area contributed by atoms with E-state index < -0.39 is 0 Å². The lowest BCUT2D eigenvalue weighted by molar-refractivity contribution is 0.669. The molecule has 0 fully saturated rings. The summed E-state index contributed by atoms with van der Waals surface area (Å²) in [6.45, 7) is 0. The van der Waals surface area contributed by atoms with Gasteiger partial charge in [0.15, 0.2) is 0 Å². The normalized spacial score (nSPS) is 12.0. The first-order valence-electron chi connectivity index (χ1n) is 17.2. The Hall–Kier alpha value is -6.64. The summed E-state index contributed by atoms with van der Waals surface area (Å²) in [4.78, 5) is 0. The van der Waals surface area contributed by atoms with Crippen molar-refractivity contribution in [3.8, 4) is 39.1 Å². The van der Waals surface area contributed by atoms with Gasteiger partial charge in [-0.3, -0.25) is 0 Å². The monoisotopic (exact) mass is 635 g/mol. The molecule has 50 heavy (non-hydrogen) atoms. The highest BCUT2D eigenvalue weighted by Crippen LogP contribution is 2.47. The van der Waals surface area contributed by atoms with Gasteiger partial charge in [-0.25, -0.2) is 0 Å². The first-order chi connectivity index (χ1) is 24.8. The molecule has 0 saturated heterocycles. The Kier molecular flexibility index (Phi) is 5.70. The molecule has 9 aromatic carbocycles. The van der Waals surface area contributed by atoms with Crippen LogP contribution < -0.4 is 0 Å². The third-order valence-corrected chi connectivity index (χ3v) is 10.5. The molecule has 0 amide bonds. The summed E-state index contributed by atoms with van der Waals surface area (Å²) in [5.74, 6) is 0. The quantitative estimate of drug-likeness (QED) is 0.176. The standard InChI is InChI=1S/C48H29NO/c1-3-12-30(13-4-1)32-16-9-17-33(26-32)34-24-25-43-40(27-34)36-18-7-8-21-42(36)49(43)35-28-39(31-14-5-2-6-15-31)46-38-20-11-23-45-48(38)47-37(41(46)29-35)19-10-22-44(47)50-45/h1-29H. The van der Waals surface area contributed by atoms with Gasteiger partial charge in [0.05, 0.1) is 11.0 Å². The molecule has 11 rings (SSSR count). The molecule has 0 aliphatic carbocycles. The van der Waals surface area contributed by atoms with E-state index in [0.29, 0.717) is 0 Å². The van der Waals surface area contributed by atoms with E-state index in [1.165, 1.54) is 87.5 Å². The Morgan fingerprint density at radius 3 is 1.70 bits per heavy atom. The Morgan fingerprint density at radius 2 is 0.900 bits per heavy atom. The second-order valence-corrected chi connectivity index (χ2v) is 13.3. The summed E-state index contributed by atoms with van der Waals surface area (Å²) >= 11 is 0. The van der Waals surface area contributed by atoms with Crippen LogP contribution in [0.5, 0.6) is 0 Å². The summed E-state index contributed by atoms with van der Waals surface area (Å²) in [6.07, 6.45) is 0. The lowest BCUT2D eigenvalue weighted by atomic mass is 9.89. The number of rotatable bonds is 4. The topological polar surface area (TPSA) is 18.1 Å². The molecule has 2 aromatic heterocycles. The summed E-state index contributed by atoms with van der Waals surface area (Å²) in [7, 11) is 0. The van der Waals surface area contributed by atoms with Crippen molar-refractivity contribution < 1.29 is 4.42 Å². The van der Waals surface area contributed by atoms with Crippen LogP contribution in [0.1, 0.15) is 0 Å². The predicted molar refractivity (Wildman–Crippen MR) is 211 cm³/mol. The van der Waals surface area contributed by atoms with E-state index >= 15 is 0 Å². The van der Waals surface area contributed by atoms with Crippen molar-refractivity contribution in [2.75, 3.05) is 0 Å². The zero-order chi connectivity index (χ0) is 32.8. The van der Waals surface area contributed by atoms with Crippen LogP contribution >= 0.6 is 0 Å². The van der Waals surface area contributed by atoms with Crippen molar-refractivity contribution in [1.82, 2.24) is 4.57 Å². The van der Waals surface area contributed by atoms with Crippen molar-refractivity contribution >= 4 is 65.3 Å². The fourth-order valence-corrected chi connectivity index (χ4v) is 8.34. The highest BCUT2D eigenvalue weighted by atomic mass is 16.3. The van der Waals surface area contributed by atoms with Gasteiger partial charge in [-0.15, -0.1) is 0 Å². The third kappa shape index (κ3) is 3.90. The first kappa shape index (κ1) is 27.3. The van der Waals surface area contributed by atoms with Crippen molar-refractivity contribution in [3.05, 3.63) is 176 Å². The first-order valence-corrected chi connectivity index (χ1v) is 17.2. The molecule has 0 spiro atoms. The van der Waals surface area contributed by atoms with Crippen molar-refractivity contribution in [3.63, 3.8) is 0 Å². The minimum absolute atomic E-state index is 0.933. The molecule has 232 valence electrons. The summed E-state index contributed by atoms with van der Waals surface area (Å²) in [5.41, 5.74) is 12.7. The smallest absolute Gasteiger partial charge is 0.136 e. The Balaban J connectivity index is 1.21. The van der Waals surface area contributed by atoms with Crippen molar-refractivity contribution in [2.45, 2.75) is 0 Å². The minimum atomic E-state index is 0.933. The van der Waals surface area contributed by atoms with E-state index in [1.807, 2.05) is 0 Å². The molecule has 0 N–H and O–H groups in total. The van der Waals surface area contributed by atoms with Gasteiger partial charge in [0.2, 0.25) is 0 Å².